The summed E-state index contributed by atoms with van der Waals surface area (Å²) in [6.45, 7) is 3.03. The minimum atomic E-state index is 0.753. The Morgan fingerprint density at radius 2 is 2.00 bits per heavy atom. The van der Waals surface area contributed by atoms with E-state index < -0.39 is 0 Å². The van der Waals surface area contributed by atoms with Crippen molar-refractivity contribution < 1.29 is 0 Å². The lowest BCUT2D eigenvalue weighted by molar-refractivity contribution is 0.771. The van der Waals surface area contributed by atoms with Crippen molar-refractivity contribution >= 4 is 11.6 Å². The van der Waals surface area contributed by atoms with E-state index in [1.54, 1.807) is 0 Å². The summed E-state index contributed by atoms with van der Waals surface area (Å²) in [7, 11) is 0. The number of aromatic nitrogens is 2. The van der Waals surface area contributed by atoms with Gasteiger partial charge in [0.05, 0.1) is 0 Å². The molecule has 0 aliphatic carbocycles. The number of halogens is 1. The van der Waals surface area contributed by atoms with Gasteiger partial charge in [-0.25, -0.2) is 4.98 Å². The molecule has 0 amide bonds. The topological polar surface area (TPSA) is 17.8 Å². The second-order valence-corrected chi connectivity index (χ2v) is 3.48. The van der Waals surface area contributed by atoms with E-state index in [0.717, 1.165) is 23.0 Å². The molecular weight excluding hydrogens is 196 g/mol. The fourth-order valence-corrected chi connectivity index (χ4v) is 1.55. The molecule has 2 aromatic rings. The van der Waals surface area contributed by atoms with Crippen LogP contribution in [0.2, 0.25) is 5.02 Å². The Morgan fingerprint density at radius 3 is 2.64 bits per heavy atom. The van der Waals surface area contributed by atoms with E-state index in [2.05, 4.69) is 16.5 Å². The van der Waals surface area contributed by atoms with E-state index in [0.29, 0.717) is 0 Å². The van der Waals surface area contributed by atoms with Crippen LogP contribution in [0.15, 0.2) is 36.7 Å². The van der Waals surface area contributed by atoms with Crippen LogP contribution in [0.1, 0.15) is 6.92 Å². The first-order chi connectivity index (χ1) is 6.81. The van der Waals surface area contributed by atoms with Gasteiger partial charge in [-0.1, -0.05) is 11.6 Å². The molecule has 0 spiro atoms. The van der Waals surface area contributed by atoms with Crippen molar-refractivity contribution in [3.05, 3.63) is 41.7 Å². The Kier molecular flexibility index (Phi) is 2.55. The highest BCUT2D eigenvalue weighted by molar-refractivity contribution is 6.30. The minimum Gasteiger partial charge on any atom is -0.331 e. The predicted molar refractivity (Wildman–Crippen MR) is 58.3 cm³/mol. The zero-order chi connectivity index (χ0) is 9.97. The first kappa shape index (κ1) is 9.28. The molecular formula is C11H11ClN2. The molecule has 14 heavy (non-hydrogen) atoms. The van der Waals surface area contributed by atoms with Gasteiger partial charge in [0.25, 0.3) is 0 Å². The van der Waals surface area contributed by atoms with Crippen LogP contribution in [0.3, 0.4) is 0 Å². The van der Waals surface area contributed by atoms with Gasteiger partial charge < -0.3 is 4.57 Å². The van der Waals surface area contributed by atoms with E-state index in [1.807, 2.05) is 36.7 Å². The van der Waals surface area contributed by atoms with Gasteiger partial charge in [0.1, 0.15) is 5.82 Å². The molecule has 0 atom stereocenters. The van der Waals surface area contributed by atoms with Gasteiger partial charge in [0, 0.05) is 29.5 Å². The van der Waals surface area contributed by atoms with Crippen molar-refractivity contribution in [1.82, 2.24) is 9.55 Å². The van der Waals surface area contributed by atoms with E-state index >= 15 is 0 Å². The number of rotatable bonds is 2. The fraction of sp³-hybridized carbons (Fsp3) is 0.182. The lowest BCUT2D eigenvalue weighted by Gasteiger charge is -2.04. The smallest absolute Gasteiger partial charge is 0.139 e. The Morgan fingerprint density at radius 1 is 1.29 bits per heavy atom. The molecule has 2 rings (SSSR count). The van der Waals surface area contributed by atoms with Gasteiger partial charge in [-0.15, -0.1) is 0 Å². The van der Waals surface area contributed by atoms with Crippen molar-refractivity contribution in [1.29, 1.82) is 0 Å². The standard InChI is InChI=1S/C11H11ClN2/c1-2-14-8-7-13-11(14)9-3-5-10(12)6-4-9/h3-8H,2H2,1H3. The van der Waals surface area contributed by atoms with Crippen LogP contribution in [0.5, 0.6) is 0 Å². The normalized spacial score (nSPS) is 10.4. The molecule has 0 N–H and O–H groups in total. The van der Waals surface area contributed by atoms with Crippen molar-refractivity contribution in [3.63, 3.8) is 0 Å². The van der Waals surface area contributed by atoms with Crippen molar-refractivity contribution in [3.8, 4) is 11.4 Å². The summed E-state index contributed by atoms with van der Waals surface area (Å²) in [5, 5.41) is 0.753. The Balaban J connectivity index is 2.44. The third-order valence-corrected chi connectivity index (χ3v) is 2.41. The summed E-state index contributed by atoms with van der Waals surface area (Å²) < 4.78 is 2.10. The number of aryl methyl sites for hydroxylation is 1. The zero-order valence-electron chi connectivity index (χ0n) is 7.94. The molecule has 1 heterocycles. The maximum Gasteiger partial charge on any atom is 0.139 e. The van der Waals surface area contributed by atoms with Gasteiger partial charge in [0.2, 0.25) is 0 Å². The van der Waals surface area contributed by atoms with Crippen LogP contribution in [0, 0.1) is 0 Å². The Bertz CT molecular complexity index is 417. The second-order valence-electron chi connectivity index (χ2n) is 3.04. The maximum absolute atomic E-state index is 5.82. The lowest BCUT2D eigenvalue weighted by atomic mass is 10.2. The van der Waals surface area contributed by atoms with E-state index in [-0.39, 0.29) is 0 Å². The van der Waals surface area contributed by atoms with Gasteiger partial charge in [-0.05, 0) is 31.2 Å². The van der Waals surface area contributed by atoms with E-state index in [1.165, 1.54) is 0 Å². The van der Waals surface area contributed by atoms with Crippen molar-refractivity contribution in [2.75, 3.05) is 0 Å². The quantitative estimate of drug-likeness (QED) is 0.738. The highest BCUT2D eigenvalue weighted by Gasteiger charge is 2.03. The average molecular weight is 207 g/mol. The highest BCUT2D eigenvalue weighted by Crippen LogP contribution is 2.19. The largest absolute Gasteiger partial charge is 0.331 e. The van der Waals surface area contributed by atoms with Crippen LogP contribution in [-0.2, 0) is 6.54 Å². The number of hydrogen-bond acceptors (Lipinski definition) is 1. The summed E-state index contributed by atoms with van der Waals surface area (Å²) in [6.07, 6.45) is 3.79. The van der Waals surface area contributed by atoms with Crippen molar-refractivity contribution in [2.45, 2.75) is 13.5 Å². The molecule has 0 fully saturated rings. The average Bonchev–Trinajstić information content (AvgIpc) is 2.67. The Hall–Kier alpha value is -1.28. The summed E-state index contributed by atoms with van der Waals surface area (Å²) in [6, 6.07) is 7.73. The number of hydrogen-bond donors (Lipinski definition) is 0. The number of imidazole rings is 1. The molecule has 3 heteroatoms. The van der Waals surface area contributed by atoms with Gasteiger partial charge in [-0.2, -0.15) is 0 Å². The SMILES string of the molecule is CCn1ccnc1-c1ccc(Cl)cc1. The van der Waals surface area contributed by atoms with Crippen LogP contribution < -0.4 is 0 Å². The molecule has 0 unspecified atom stereocenters. The summed E-state index contributed by atoms with van der Waals surface area (Å²) in [5.74, 6) is 0.990. The molecule has 0 radical (unpaired) electrons. The molecule has 0 saturated heterocycles. The van der Waals surface area contributed by atoms with Crippen LogP contribution in [0.25, 0.3) is 11.4 Å². The van der Waals surface area contributed by atoms with Crippen molar-refractivity contribution in [2.24, 2.45) is 0 Å². The van der Waals surface area contributed by atoms with Gasteiger partial charge in [0.15, 0.2) is 0 Å². The van der Waals surface area contributed by atoms with E-state index in [9.17, 15) is 0 Å². The first-order valence-electron chi connectivity index (χ1n) is 4.58. The molecule has 2 nitrogen and oxygen atoms in total. The van der Waals surface area contributed by atoms with Gasteiger partial charge in [-0.3, -0.25) is 0 Å². The zero-order valence-corrected chi connectivity index (χ0v) is 8.70. The lowest BCUT2D eigenvalue weighted by Crippen LogP contribution is -1.95. The van der Waals surface area contributed by atoms with Crippen LogP contribution in [-0.4, -0.2) is 9.55 Å². The molecule has 0 saturated carbocycles. The summed E-state index contributed by atoms with van der Waals surface area (Å²) >= 11 is 5.82. The third kappa shape index (κ3) is 1.66. The molecule has 0 aliphatic heterocycles. The monoisotopic (exact) mass is 206 g/mol. The number of nitrogens with zero attached hydrogens (tertiary/aromatic N) is 2. The number of benzene rings is 1. The fourth-order valence-electron chi connectivity index (χ4n) is 1.42. The molecule has 72 valence electrons. The van der Waals surface area contributed by atoms with Gasteiger partial charge >= 0.3 is 0 Å². The minimum absolute atomic E-state index is 0.753. The maximum atomic E-state index is 5.82. The molecule has 0 aliphatic rings. The third-order valence-electron chi connectivity index (χ3n) is 2.16. The predicted octanol–water partition coefficient (Wildman–Crippen LogP) is 3.22. The molecule has 0 bridgehead atoms. The van der Waals surface area contributed by atoms with E-state index in [4.69, 9.17) is 11.6 Å². The molecule has 1 aromatic carbocycles. The first-order valence-corrected chi connectivity index (χ1v) is 4.96. The molecule has 1 aromatic heterocycles. The van der Waals surface area contributed by atoms with Crippen LogP contribution >= 0.6 is 11.6 Å². The highest BCUT2D eigenvalue weighted by atomic mass is 35.5. The Labute approximate surface area is 88.2 Å². The van der Waals surface area contributed by atoms with Crippen LogP contribution in [0.4, 0.5) is 0 Å². The summed E-state index contributed by atoms with van der Waals surface area (Å²) in [4.78, 5) is 4.31. The summed E-state index contributed by atoms with van der Waals surface area (Å²) in [5.41, 5.74) is 1.10. The second kappa shape index (κ2) is 3.84.